The van der Waals surface area contributed by atoms with Crippen LogP contribution in [0.25, 0.3) is 11.1 Å². The van der Waals surface area contributed by atoms with Crippen LogP contribution in [0, 0.1) is 0 Å². The summed E-state index contributed by atoms with van der Waals surface area (Å²) in [4.78, 5) is 55.9. The lowest BCUT2D eigenvalue weighted by atomic mass is 9.88. The first-order valence-electron chi connectivity index (χ1n) is 19.1. The zero-order valence-electron chi connectivity index (χ0n) is 31.1. The van der Waals surface area contributed by atoms with Gasteiger partial charge in [-0.3, -0.25) is 34.3 Å². The number of hydrogen-bond acceptors (Lipinski definition) is 8. The number of benzene rings is 4. The summed E-state index contributed by atoms with van der Waals surface area (Å²) >= 11 is 6.24. The third-order valence-corrected chi connectivity index (χ3v) is 10.9. The maximum absolute atomic E-state index is 13.1. The van der Waals surface area contributed by atoms with Gasteiger partial charge in [-0.2, -0.15) is 0 Å². The first-order valence-corrected chi connectivity index (χ1v) is 19.5. The van der Waals surface area contributed by atoms with Crippen molar-refractivity contribution < 1.29 is 23.9 Å². The number of imide groups is 2. The summed E-state index contributed by atoms with van der Waals surface area (Å²) in [5, 5.41) is 6.33. The average molecular weight is 760 g/mol. The summed E-state index contributed by atoms with van der Waals surface area (Å²) in [7, 11) is 0. The fourth-order valence-corrected chi connectivity index (χ4v) is 7.79. The largest absolute Gasteiger partial charge is 0.492 e. The van der Waals surface area contributed by atoms with E-state index in [-0.39, 0.29) is 24.0 Å². The highest BCUT2D eigenvalue weighted by atomic mass is 35.5. The minimum Gasteiger partial charge on any atom is -0.492 e. The van der Waals surface area contributed by atoms with Gasteiger partial charge in [0.05, 0.1) is 11.1 Å². The molecule has 284 valence electrons. The van der Waals surface area contributed by atoms with Crippen molar-refractivity contribution in [1.29, 1.82) is 0 Å². The van der Waals surface area contributed by atoms with Crippen molar-refractivity contribution in [3.8, 4) is 5.75 Å². The molecule has 0 aliphatic carbocycles. The van der Waals surface area contributed by atoms with Crippen LogP contribution in [0.2, 0.25) is 5.02 Å². The number of piperidine rings is 1. The number of carbonyl (C=O) groups is 4. The van der Waals surface area contributed by atoms with Gasteiger partial charge in [0, 0.05) is 56.4 Å². The highest BCUT2D eigenvalue weighted by Crippen LogP contribution is 2.36. The van der Waals surface area contributed by atoms with E-state index in [1.54, 1.807) is 18.2 Å². The first kappa shape index (κ1) is 38.0. The van der Waals surface area contributed by atoms with Gasteiger partial charge in [0.1, 0.15) is 18.4 Å². The minimum atomic E-state index is -0.967. The van der Waals surface area contributed by atoms with Crippen molar-refractivity contribution in [2.24, 2.45) is 0 Å². The molecule has 4 aromatic carbocycles. The maximum atomic E-state index is 13.1. The lowest BCUT2D eigenvalue weighted by molar-refractivity contribution is -0.136. The fraction of sp³-hybridized carbons (Fsp3) is 0.318. The fourth-order valence-electron chi connectivity index (χ4n) is 7.66. The quantitative estimate of drug-likeness (QED) is 0.0841. The maximum Gasteiger partial charge on any atom is 0.262 e. The molecule has 0 aromatic heterocycles. The second kappa shape index (κ2) is 17.5. The molecular formula is C44H46ClN5O5. The van der Waals surface area contributed by atoms with Gasteiger partial charge in [-0.05, 0) is 96.1 Å². The lowest BCUT2D eigenvalue weighted by Gasteiger charge is -2.34. The molecule has 2 saturated heterocycles. The Morgan fingerprint density at radius 2 is 1.44 bits per heavy atom. The highest BCUT2D eigenvalue weighted by Gasteiger charge is 2.44. The molecular weight excluding hydrogens is 714 g/mol. The summed E-state index contributed by atoms with van der Waals surface area (Å²) in [6, 6.07) is 31.1. The number of rotatable bonds is 14. The molecule has 0 saturated carbocycles. The van der Waals surface area contributed by atoms with Crippen LogP contribution in [-0.4, -0.2) is 96.8 Å². The minimum absolute atomic E-state index is 0.0950. The Balaban J connectivity index is 0.845. The molecule has 3 aliphatic heterocycles. The summed E-state index contributed by atoms with van der Waals surface area (Å²) in [5.41, 5.74) is 7.27. The molecule has 2 N–H and O–H groups in total. The van der Waals surface area contributed by atoms with Gasteiger partial charge >= 0.3 is 0 Å². The van der Waals surface area contributed by atoms with Crippen LogP contribution in [0.3, 0.4) is 0 Å². The van der Waals surface area contributed by atoms with E-state index in [0.717, 1.165) is 84.6 Å². The standard InChI is InChI=1S/C44H46ClN5O5/c1-2-36(30-7-4-3-5-8-30)41(31-9-13-33(45)14-10-31)32-11-16-35(17-12-32)55-28-27-49-25-23-48(24-26-49)22-6-21-46-34-15-18-37-38(29-34)44(54)50(43(37)53)39-19-20-40(51)47-42(39)52/h3-5,7-18,29,39,46H,2,6,19-28H2,1H3,(H,47,51,52)/b41-36-. The number of carbonyl (C=O) groups excluding carboxylic acids is 4. The Bertz CT molecular complexity index is 2060. The van der Waals surface area contributed by atoms with Crippen molar-refractivity contribution >= 4 is 52.1 Å². The molecule has 0 radical (unpaired) electrons. The summed E-state index contributed by atoms with van der Waals surface area (Å²) in [6.07, 6.45) is 2.05. The van der Waals surface area contributed by atoms with Crippen molar-refractivity contribution in [1.82, 2.24) is 20.0 Å². The molecule has 0 bridgehead atoms. The van der Waals surface area contributed by atoms with Gasteiger partial charge in [-0.15, -0.1) is 0 Å². The van der Waals surface area contributed by atoms with Crippen LogP contribution < -0.4 is 15.4 Å². The predicted octanol–water partition coefficient (Wildman–Crippen LogP) is 6.61. The van der Waals surface area contributed by atoms with E-state index < -0.39 is 29.7 Å². The van der Waals surface area contributed by atoms with Crippen LogP contribution in [0.5, 0.6) is 5.75 Å². The molecule has 0 spiro atoms. The summed E-state index contributed by atoms with van der Waals surface area (Å²) in [5.74, 6) is -1.14. The number of ether oxygens (including phenoxy) is 1. The van der Waals surface area contributed by atoms with Crippen molar-refractivity contribution in [3.05, 3.63) is 130 Å². The van der Waals surface area contributed by atoms with Crippen LogP contribution in [0.4, 0.5) is 5.69 Å². The zero-order chi connectivity index (χ0) is 38.3. The Hall–Kier alpha value is -5.29. The molecule has 10 nitrogen and oxygen atoms in total. The second-order valence-corrected chi connectivity index (χ2v) is 14.6. The number of allylic oxidation sites excluding steroid dienone is 1. The molecule has 1 atom stereocenters. The van der Waals surface area contributed by atoms with E-state index in [1.165, 1.54) is 16.7 Å². The van der Waals surface area contributed by atoms with Gasteiger partial charge < -0.3 is 15.0 Å². The van der Waals surface area contributed by atoms with Crippen LogP contribution >= 0.6 is 11.6 Å². The van der Waals surface area contributed by atoms with Gasteiger partial charge in [-0.25, -0.2) is 0 Å². The number of hydrogen-bond donors (Lipinski definition) is 2. The van der Waals surface area contributed by atoms with Gasteiger partial charge in [0.2, 0.25) is 11.8 Å². The molecule has 2 fully saturated rings. The molecule has 7 rings (SSSR count). The third kappa shape index (κ3) is 8.83. The van der Waals surface area contributed by atoms with E-state index in [1.807, 2.05) is 18.2 Å². The van der Waals surface area contributed by atoms with E-state index >= 15 is 0 Å². The number of anilines is 1. The highest BCUT2D eigenvalue weighted by molar-refractivity contribution is 6.30. The molecule has 4 amide bonds. The molecule has 1 unspecified atom stereocenters. The average Bonchev–Trinajstić information content (AvgIpc) is 3.45. The zero-order valence-corrected chi connectivity index (χ0v) is 31.8. The van der Waals surface area contributed by atoms with E-state index in [2.05, 4.69) is 88.0 Å². The smallest absolute Gasteiger partial charge is 0.262 e. The molecule has 3 heterocycles. The number of nitrogens with one attached hydrogen (secondary N) is 2. The Labute approximate surface area is 327 Å². The monoisotopic (exact) mass is 759 g/mol. The van der Waals surface area contributed by atoms with E-state index in [0.29, 0.717) is 13.2 Å². The topological polar surface area (TPSA) is 111 Å². The number of halogens is 1. The number of nitrogens with zero attached hydrogens (tertiary/aromatic N) is 3. The predicted molar refractivity (Wildman–Crippen MR) is 215 cm³/mol. The molecule has 11 heteroatoms. The van der Waals surface area contributed by atoms with Gasteiger partial charge in [0.15, 0.2) is 0 Å². The van der Waals surface area contributed by atoms with Crippen LogP contribution in [-0.2, 0) is 9.59 Å². The Kier molecular flexibility index (Phi) is 12.1. The SMILES string of the molecule is CC/C(=C(\c1ccc(Cl)cc1)c1ccc(OCCN2CCN(CCCNc3ccc4c(c3)C(=O)N(C3CCC(=O)NC3=O)C4=O)CC2)cc1)c1ccccc1. The van der Waals surface area contributed by atoms with E-state index in [9.17, 15) is 19.2 Å². The van der Waals surface area contributed by atoms with Gasteiger partial charge in [0.25, 0.3) is 11.8 Å². The first-order chi connectivity index (χ1) is 26.8. The van der Waals surface area contributed by atoms with Crippen molar-refractivity contribution in [3.63, 3.8) is 0 Å². The molecule has 3 aliphatic rings. The van der Waals surface area contributed by atoms with Crippen molar-refractivity contribution in [2.75, 3.05) is 57.7 Å². The second-order valence-electron chi connectivity index (χ2n) is 14.1. The van der Waals surface area contributed by atoms with Crippen LogP contribution in [0.15, 0.2) is 97.1 Å². The third-order valence-electron chi connectivity index (χ3n) is 10.6. The summed E-state index contributed by atoms with van der Waals surface area (Å²) in [6.45, 7) is 9.28. The number of amides is 4. The Morgan fingerprint density at radius 1 is 0.782 bits per heavy atom. The van der Waals surface area contributed by atoms with E-state index in [4.69, 9.17) is 16.3 Å². The Morgan fingerprint density at radius 3 is 2.11 bits per heavy atom. The van der Waals surface area contributed by atoms with Crippen LogP contribution in [0.1, 0.15) is 70.0 Å². The molecule has 4 aromatic rings. The van der Waals surface area contributed by atoms with Gasteiger partial charge in [-0.1, -0.05) is 73.1 Å². The number of fused-ring (bicyclic) bond motifs is 1. The molecule has 55 heavy (non-hydrogen) atoms. The normalized spacial score (nSPS) is 18.2. The lowest BCUT2D eigenvalue weighted by Crippen LogP contribution is -2.54. The van der Waals surface area contributed by atoms with Crippen molar-refractivity contribution in [2.45, 2.75) is 38.6 Å². The summed E-state index contributed by atoms with van der Waals surface area (Å²) < 4.78 is 6.20. The number of piperazine rings is 1.